The molecule has 0 aliphatic heterocycles. The molecule has 152 valence electrons. The third kappa shape index (κ3) is 5.51. The molecule has 1 aromatic heterocycles. The number of carbonyl (C=O) groups excluding carboxylic acids is 1. The van der Waals surface area contributed by atoms with Gasteiger partial charge in [-0.2, -0.15) is 9.36 Å². The van der Waals surface area contributed by atoms with Gasteiger partial charge in [0.25, 0.3) is 11.1 Å². The quantitative estimate of drug-likeness (QED) is 0.582. The minimum absolute atomic E-state index is 0.0883. The van der Waals surface area contributed by atoms with Crippen LogP contribution in [0, 0.1) is 5.82 Å². The highest BCUT2D eigenvalue weighted by atomic mass is 32.1. The van der Waals surface area contributed by atoms with Gasteiger partial charge in [-0.1, -0.05) is 19.1 Å². The molecule has 3 aromatic rings. The van der Waals surface area contributed by atoms with Crippen molar-refractivity contribution < 1.29 is 18.7 Å². The number of rotatable bonds is 8. The molecule has 0 radical (unpaired) electrons. The standard InChI is InChI=1S/C21H22FN3O3S/c1-4-13(2)23-20(26)15-7-10-17(18(12-15)27-3)28-21-24-19(25-29-21)11-14-5-8-16(22)9-6-14/h5-10,12-13H,4,11H2,1-3H3,(H,23,26). The number of carbonyl (C=O) groups is 1. The minimum Gasteiger partial charge on any atom is -0.493 e. The molecule has 0 aliphatic rings. The number of benzene rings is 2. The molecule has 0 fully saturated rings. The zero-order valence-electron chi connectivity index (χ0n) is 16.4. The lowest BCUT2D eigenvalue weighted by Crippen LogP contribution is -2.31. The maximum atomic E-state index is 13.0. The molecule has 0 aliphatic carbocycles. The van der Waals surface area contributed by atoms with Crippen molar-refractivity contribution in [2.45, 2.75) is 32.7 Å². The van der Waals surface area contributed by atoms with Crippen LogP contribution >= 0.6 is 11.5 Å². The van der Waals surface area contributed by atoms with Crippen LogP contribution in [0.5, 0.6) is 16.7 Å². The van der Waals surface area contributed by atoms with Gasteiger partial charge < -0.3 is 14.8 Å². The van der Waals surface area contributed by atoms with Crippen molar-refractivity contribution in [1.82, 2.24) is 14.7 Å². The molecular weight excluding hydrogens is 393 g/mol. The summed E-state index contributed by atoms with van der Waals surface area (Å²) >= 11 is 1.12. The molecule has 0 saturated heterocycles. The number of methoxy groups -OCH3 is 1. The molecule has 0 saturated carbocycles. The zero-order valence-corrected chi connectivity index (χ0v) is 17.3. The van der Waals surface area contributed by atoms with Gasteiger partial charge in [0.2, 0.25) is 0 Å². The highest BCUT2D eigenvalue weighted by molar-refractivity contribution is 7.07. The second kappa shape index (κ2) is 9.47. The first-order valence-electron chi connectivity index (χ1n) is 9.22. The predicted molar refractivity (Wildman–Crippen MR) is 109 cm³/mol. The van der Waals surface area contributed by atoms with Crippen molar-refractivity contribution in [2.75, 3.05) is 7.11 Å². The van der Waals surface area contributed by atoms with Gasteiger partial charge in [0, 0.05) is 29.6 Å². The lowest BCUT2D eigenvalue weighted by molar-refractivity contribution is 0.0939. The normalized spacial score (nSPS) is 11.7. The summed E-state index contributed by atoms with van der Waals surface area (Å²) < 4.78 is 28.5. The van der Waals surface area contributed by atoms with E-state index in [9.17, 15) is 9.18 Å². The molecule has 8 heteroatoms. The maximum Gasteiger partial charge on any atom is 0.298 e. The molecule has 29 heavy (non-hydrogen) atoms. The van der Waals surface area contributed by atoms with Crippen LogP contribution < -0.4 is 14.8 Å². The Morgan fingerprint density at radius 1 is 1.21 bits per heavy atom. The van der Waals surface area contributed by atoms with E-state index >= 15 is 0 Å². The Balaban J connectivity index is 1.70. The fraction of sp³-hybridized carbons (Fsp3) is 0.286. The number of halogens is 1. The largest absolute Gasteiger partial charge is 0.493 e. The number of hydrogen-bond acceptors (Lipinski definition) is 6. The third-order valence-electron chi connectivity index (χ3n) is 4.34. The summed E-state index contributed by atoms with van der Waals surface area (Å²) in [5.41, 5.74) is 1.40. The lowest BCUT2D eigenvalue weighted by atomic mass is 10.1. The van der Waals surface area contributed by atoms with Crippen LogP contribution in [0.15, 0.2) is 42.5 Å². The van der Waals surface area contributed by atoms with Gasteiger partial charge in [-0.3, -0.25) is 4.79 Å². The van der Waals surface area contributed by atoms with Crippen LogP contribution in [0.4, 0.5) is 4.39 Å². The van der Waals surface area contributed by atoms with Crippen molar-refractivity contribution in [1.29, 1.82) is 0 Å². The Kier molecular flexibility index (Phi) is 6.77. The van der Waals surface area contributed by atoms with Gasteiger partial charge in [-0.25, -0.2) is 4.39 Å². The van der Waals surface area contributed by atoms with Crippen LogP contribution in [0.1, 0.15) is 42.0 Å². The number of amides is 1. The monoisotopic (exact) mass is 415 g/mol. The molecule has 1 heterocycles. The number of nitrogens with zero attached hydrogens (tertiary/aromatic N) is 2. The lowest BCUT2D eigenvalue weighted by Gasteiger charge is -2.13. The van der Waals surface area contributed by atoms with Crippen molar-refractivity contribution in [3.05, 3.63) is 65.2 Å². The van der Waals surface area contributed by atoms with Gasteiger partial charge in [-0.15, -0.1) is 0 Å². The van der Waals surface area contributed by atoms with Gasteiger partial charge in [-0.05, 0) is 49.2 Å². The van der Waals surface area contributed by atoms with E-state index in [-0.39, 0.29) is 17.8 Å². The first kappa shape index (κ1) is 20.7. The predicted octanol–water partition coefficient (Wildman–Crippen LogP) is 4.60. The van der Waals surface area contributed by atoms with E-state index in [2.05, 4.69) is 14.7 Å². The Labute approximate surface area is 172 Å². The van der Waals surface area contributed by atoms with Gasteiger partial charge in [0.1, 0.15) is 5.82 Å². The second-order valence-electron chi connectivity index (χ2n) is 6.53. The average Bonchev–Trinajstić information content (AvgIpc) is 3.16. The Morgan fingerprint density at radius 3 is 2.66 bits per heavy atom. The van der Waals surface area contributed by atoms with Crippen LogP contribution in [-0.4, -0.2) is 28.4 Å². The molecular formula is C21H22FN3O3S. The smallest absolute Gasteiger partial charge is 0.298 e. The summed E-state index contributed by atoms with van der Waals surface area (Å²) in [5.74, 6) is 1.01. The Hall–Kier alpha value is -3.00. The first-order chi connectivity index (χ1) is 14.0. The van der Waals surface area contributed by atoms with E-state index in [4.69, 9.17) is 9.47 Å². The topological polar surface area (TPSA) is 73.3 Å². The van der Waals surface area contributed by atoms with Crippen LogP contribution in [0.3, 0.4) is 0 Å². The molecule has 3 rings (SSSR count). The van der Waals surface area contributed by atoms with Crippen molar-refractivity contribution in [3.8, 4) is 16.7 Å². The number of ether oxygens (including phenoxy) is 2. The van der Waals surface area contributed by atoms with Crippen molar-refractivity contribution in [3.63, 3.8) is 0 Å². The first-order valence-corrected chi connectivity index (χ1v) is 9.99. The van der Waals surface area contributed by atoms with E-state index in [1.807, 2.05) is 13.8 Å². The Bertz CT molecular complexity index is 976. The molecule has 1 atom stereocenters. The molecule has 2 aromatic carbocycles. The van der Waals surface area contributed by atoms with Crippen LogP contribution in [0.25, 0.3) is 0 Å². The average molecular weight is 415 g/mol. The van der Waals surface area contributed by atoms with E-state index in [1.165, 1.54) is 19.2 Å². The zero-order chi connectivity index (χ0) is 20.8. The fourth-order valence-corrected chi connectivity index (χ4v) is 3.09. The highest BCUT2D eigenvalue weighted by Gasteiger charge is 2.15. The molecule has 0 bridgehead atoms. The summed E-state index contributed by atoms with van der Waals surface area (Å²) in [4.78, 5) is 16.7. The fourth-order valence-electron chi connectivity index (χ4n) is 2.53. The van der Waals surface area contributed by atoms with E-state index < -0.39 is 0 Å². The summed E-state index contributed by atoms with van der Waals surface area (Å²) in [6, 6.07) is 11.3. The summed E-state index contributed by atoms with van der Waals surface area (Å²) in [5, 5.41) is 3.28. The van der Waals surface area contributed by atoms with Crippen molar-refractivity contribution >= 4 is 17.4 Å². The Morgan fingerprint density at radius 2 is 1.97 bits per heavy atom. The highest BCUT2D eigenvalue weighted by Crippen LogP contribution is 2.33. The summed E-state index contributed by atoms with van der Waals surface area (Å²) in [6.07, 6.45) is 1.33. The molecule has 1 N–H and O–H groups in total. The summed E-state index contributed by atoms with van der Waals surface area (Å²) in [7, 11) is 1.51. The number of nitrogens with one attached hydrogen (secondary N) is 1. The molecule has 0 spiro atoms. The van der Waals surface area contributed by atoms with E-state index in [1.54, 1.807) is 30.3 Å². The van der Waals surface area contributed by atoms with Gasteiger partial charge >= 0.3 is 0 Å². The van der Waals surface area contributed by atoms with E-state index in [0.717, 1.165) is 23.5 Å². The number of hydrogen-bond donors (Lipinski definition) is 1. The minimum atomic E-state index is -0.280. The molecule has 6 nitrogen and oxygen atoms in total. The third-order valence-corrected chi connectivity index (χ3v) is 4.97. The second-order valence-corrected chi connectivity index (χ2v) is 7.24. The van der Waals surface area contributed by atoms with Crippen LogP contribution in [-0.2, 0) is 6.42 Å². The molecule has 1 unspecified atom stereocenters. The van der Waals surface area contributed by atoms with Crippen LogP contribution in [0.2, 0.25) is 0 Å². The van der Waals surface area contributed by atoms with E-state index in [0.29, 0.717) is 34.5 Å². The van der Waals surface area contributed by atoms with Gasteiger partial charge in [0.05, 0.1) is 7.11 Å². The van der Waals surface area contributed by atoms with Crippen molar-refractivity contribution in [2.24, 2.45) is 0 Å². The maximum absolute atomic E-state index is 13.0. The SMILES string of the molecule is CCC(C)NC(=O)c1ccc(Oc2nc(Cc3ccc(F)cc3)ns2)c(OC)c1. The summed E-state index contributed by atoms with van der Waals surface area (Å²) in [6.45, 7) is 3.96. The van der Waals surface area contributed by atoms with Gasteiger partial charge in [0.15, 0.2) is 17.3 Å². The molecule has 1 amide bonds. The number of aromatic nitrogens is 2.